The number of aryl methyl sites for hydroxylation is 1. The van der Waals surface area contributed by atoms with Gasteiger partial charge in [0.05, 0.1) is 5.02 Å². The van der Waals surface area contributed by atoms with Crippen LogP contribution in [-0.4, -0.2) is 4.57 Å². The zero-order valence-corrected chi connectivity index (χ0v) is 13.3. The van der Waals surface area contributed by atoms with Gasteiger partial charge in [0.1, 0.15) is 11.5 Å². The molecule has 2 nitrogen and oxygen atoms in total. The van der Waals surface area contributed by atoms with Crippen molar-refractivity contribution >= 4 is 11.6 Å². The summed E-state index contributed by atoms with van der Waals surface area (Å²) in [6, 6.07) is 6.86. The maximum absolute atomic E-state index is 14.3. The molecular weight excluding hydrogens is 287 g/mol. The molecule has 2 N–H and O–H groups in total. The maximum Gasteiger partial charge on any atom is 0.148 e. The first-order valence-corrected chi connectivity index (χ1v) is 7.59. The van der Waals surface area contributed by atoms with Gasteiger partial charge in [0.25, 0.3) is 0 Å². The Morgan fingerprint density at radius 3 is 2.76 bits per heavy atom. The van der Waals surface area contributed by atoms with Crippen molar-refractivity contribution in [1.29, 1.82) is 0 Å². The summed E-state index contributed by atoms with van der Waals surface area (Å²) in [6.45, 7) is 6.37. The average molecular weight is 307 g/mol. The molecule has 0 spiro atoms. The van der Waals surface area contributed by atoms with Crippen molar-refractivity contribution in [1.82, 2.24) is 4.57 Å². The largest absolute Gasteiger partial charge is 0.324 e. The summed E-state index contributed by atoms with van der Waals surface area (Å²) in [5.41, 5.74) is 10.0. The lowest BCUT2D eigenvalue weighted by Crippen LogP contribution is -2.30. The first-order chi connectivity index (χ1) is 9.80. The zero-order valence-electron chi connectivity index (χ0n) is 12.6. The molecule has 0 saturated carbocycles. The molecule has 4 heteroatoms. The van der Waals surface area contributed by atoms with Crippen LogP contribution in [0.25, 0.3) is 5.69 Å². The summed E-state index contributed by atoms with van der Waals surface area (Å²) in [7, 11) is 0. The summed E-state index contributed by atoms with van der Waals surface area (Å²) in [6.07, 6.45) is 1.81. The highest BCUT2D eigenvalue weighted by atomic mass is 35.5. The number of para-hydroxylation sites is 1. The number of halogens is 2. The molecule has 1 aliphatic carbocycles. The van der Waals surface area contributed by atoms with E-state index in [1.165, 1.54) is 6.07 Å². The first kappa shape index (κ1) is 14.6. The fourth-order valence-electron chi connectivity index (χ4n) is 3.46. The molecule has 1 aromatic heterocycles. The first-order valence-electron chi connectivity index (χ1n) is 7.21. The van der Waals surface area contributed by atoms with Gasteiger partial charge in [0.2, 0.25) is 0 Å². The Morgan fingerprint density at radius 1 is 1.38 bits per heavy atom. The highest BCUT2D eigenvalue weighted by Crippen LogP contribution is 2.42. The van der Waals surface area contributed by atoms with E-state index >= 15 is 0 Å². The lowest BCUT2D eigenvalue weighted by Gasteiger charge is -2.34. The molecule has 1 aromatic carbocycles. The van der Waals surface area contributed by atoms with Crippen LogP contribution in [0.15, 0.2) is 24.3 Å². The van der Waals surface area contributed by atoms with E-state index in [9.17, 15) is 4.39 Å². The van der Waals surface area contributed by atoms with Crippen LogP contribution in [0.4, 0.5) is 4.39 Å². The lowest BCUT2D eigenvalue weighted by atomic mass is 9.74. The third-order valence-corrected chi connectivity index (χ3v) is 4.60. The fourth-order valence-corrected chi connectivity index (χ4v) is 3.71. The van der Waals surface area contributed by atoms with Crippen molar-refractivity contribution in [2.75, 3.05) is 0 Å². The standard InChI is InChI=1S/C17H20ClFN2/c1-10-7-11-14(20)8-17(2,3)9-15(11)21(10)16-12(18)5-4-6-13(16)19/h4-7,14H,8-9,20H2,1-3H3. The summed E-state index contributed by atoms with van der Waals surface area (Å²) in [5.74, 6) is -0.305. The van der Waals surface area contributed by atoms with E-state index in [0.29, 0.717) is 10.7 Å². The van der Waals surface area contributed by atoms with Crippen molar-refractivity contribution in [3.8, 4) is 5.69 Å². The summed E-state index contributed by atoms with van der Waals surface area (Å²) < 4.78 is 16.3. The molecule has 1 unspecified atom stereocenters. The van der Waals surface area contributed by atoms with E-state index < -0.39 is 0 Å². The Balaban J connectivity index is 2.26. The van der Waals surface area contributed by atoms with Crippen LogP contribution in [0.3, 0.4) is 0 Å². The molecular formula is C17H20ClFN2. The molecule has 21 heavy (non-hydrogen) atoms. The van der Waals surface area contributed by atoms with Gasteiger partial charge in [-0.25, -0.2) is 4.39 Å². The molecule has 3 rings (SSSR count). The minimum absolute atomic E-state index is 0.00533. The quantitative estimate of drug-likeness (QED) is 0.823. The summed E-state index contributed by atoms with van der Waals surface area (Å²) in [4.78, 5) is 0. The Kier molecular flexibility index (Phi) is 3.38. The van der Waals surface area contributed by atoms with Crippen LogP contribution in [0.5, 0.6) is 0 Å². The van der Waals surface area contributed by atoms with Crippen molar-refractivity contribution in [3.05, 3.63) is 52.1 Å². The number of benzene rings is 1. The van der Waals surface area contributed by atoms with Gasteiger partial charge in [0.15, 0.2) is 0 Å². The van der Waals surface area contributed by atoms with E-state index in [0.717, 1.165) is 29.8 Å². The van der Waals surface area contributed by atoms with Gasteiger partial charge in [-0.3, -0.25) is 0 Å². The molecule has 0 saturated heterocycles. The molecule has 0 bridgehead atoms. The van der Waals surface area contributed by atoms with Crippen LogP contribution < -0.4 is 5.73 Å². The van der Waals surface area contributed by atoms with Gasteiger partial charge in [0, 0.05) is 17.4 Å². The maximum atomic E-state index is 14.3. The summed E-state index contributed by atoms with van der Waals surface area (Å²) >= 11 is 6.25. The van der Waals surface area contributed by atoms with Gasteiger partial charge >= 0.3 is 0 Å². The lowest BCUT2D eigenvalue weighted by molar-refractivity contribution is 0.278. The molecule has 0 radical (unpaired) electrons. The van der Waals surface area contributed by atoms with Crippen molar-refractivity contribution in [2.45, 2.75) is 39.7 Å². The van der Waals surface area contributed by atoms with E-state index in [2.05, 4.69) is 19.9 Å². The van der Waals surface area contributed by atoms with Gasteiger partial charge in [-0.15, -0.1) is 0 Å². The van der Waals surface area contributed by atoms with Crippen LogP contribution in [0.2, 0.25) is 5.02 Å². The molecule has 112 valence electrons. The Bertz CT molecular complexity index is 683. The molecule has 1 atom stereocenters. The van der Waals surface area contributed by atoms with E-state index in [-0.39, 0.29) is 17.3 Å². The number of fused-ring (bicyclic) bond motifs is 1. The third-order valence-electron chi connectivity index (χ3n) is 4.30. The predicted molar refractivity (Wildman–Crippen MR) is 84.5 cm³/mol. The number of hydrogen-bond donors (Lipinski definition) is 1. The van der Waals surface area contributed by atoms with Crippen LogP contribution in [-0.2, 0) is 6.42 Å². The van der Waals surface area contributed by atoms with Crippen LogP contribution in [0, 0.1) is 18.2 Å². The molecule has 0 amide bonds. The third kappa shape index (κ3) is 2.39. The predicted octanol–water partition coefficient (Wildman–Crippen LogP) is 4.55. The number of rotatable bonds is 1. The molecule has 1 aliphatic rings. The van der Waals surface area contributed by atoms with E-state index in [1.54, 1.807) is 12.1 Å². The second kappa shape index (κ2) is 4.85. The number of aromatic nitrogens is 1. The van der Waals surface area contributed by atoms with Crippen molar-refractivity contribution in [2.24, 2.45) is 11.1 Å². The fraction of sp³-hybridized carbons (Fsp3) is 0.412. The van der Waals surface area contributed by atoms with Crippen molar-refractivity contribution in [3.63, 3.8) is 0 Å². The van der Waals surface area contributed by atoms with E-state index in [1.807, 2.05) is 11.5 Å². The molecule has 0 aliphatic heterocycles. The topological polar surface area (TPSA) is 30.9 Å². The number of nitrogens with zero attached hydrogens (tertiary/aromatic N) is 1. The van der Waals surface area contributed by atoms with E-state index in [4.69, 9.17) is 17.3 Å². The highest BCUT2D eigenvalue weighted by molar-refractivity contribution is 6.32. The summed E-state index contributed by atoms with van der Waals surface area (Å²) in [5, 5.41) is 0.424. The Morgan fingerprint density at radius 2 is 2.10 bits per heavy atom. The van der Waals surface area contributed by atoms with Crippen LogP contribution in [0.1, 0.15) is 43.3 Å². The van der Waals surface area contributed by atoms with Crippen LogP contribution >= 0.6 is 11.6 Å². The minimum Gasteiger partial charge on any atom is -0.324 e. The van der Waals surface area contributed by atoms with Gasteiger partial charge in [-0.05, 0) is 48.9 Å². The number of hydrogen-bond acceptors (Lipinski definition) is 1. The van der Waals surface area contributed by atoms with Crippen molar-refractivity contribution < 1.29 is 4.39 Å². The Labute approximate surface area is 129 Å². The second-order valence-corrected chi connectivity index (χ2v) is 7.15. The second-order valence-electron chi connectivity index (χ2n) is 6.75. The molecule has 1 heterocycles. The number of nitrogens with two attached hydrogens (primary N) is 1. The molecule has 0 fully saturated rings. The SMILES string of the molecule is Cc1cc2c(n1-c1c(F)cccc1Cl)CC(C)(C)CC2N. The van der Waals surface area contributed by atoms with Gasteiger partial charge in [-0.2, -0.15) is 0 Å². The normalized spacial score (nSPS) is 20.4. The monoisotopic (exact) mass is 306 g/mol. The molecule has 2 aromatic rings. The minimum atomic E-state index is -0.305. The average Bonchev–Trinajstić information content (AvgIpc) is 2.66. The Hall–Kier alpha value is -1.32. The smallest absolute Gasteiger partial charge is 0.148 e. The van der Waals surface area contributed by atoms with Gasteiger partial charge in [-0.1, -0.05) is 31.5 Å². The zero-order chi connectivity index (χ0) is 15.4. The highest BCUT2D eigenvalue weighted by Gasteiger charge is 2.34. The van der Waals surface area contributed by atoms with Gasteiger partial charge < -0.3 is 10.3 Å².